The lowest BCUT2D eigenvalue weighted by molar-refractivity contribution is -0.313. The van der Waals surface area contributed by atoms with Crippen LogP contribution >= 0.6 is 0 Å². The number of hydrogen-bond donors (Lipinski definition) is 0. The summed E-state index contributed by atoms with van der Waals surface area (Å²) in [5.74, 6) is -3.71. The molecular formula is C5H7F3O6S2. The highest BCUT2D eigenvalue weighted by atomic mass is 32.3. The molecule has 0 unspecified atom stereocenters. The molecule has 0 N–H and O–H groups in total. The standard InChI is InChI=1S/C5H7F3O6S2/c1-3-15(9,10)13-4(2,5(6,7)8)14-16(3,11)12/h3H,1-2H3. The normalized spacial score (nSPS) is 38.2. The van der Waals surface area contributed by atoms with E-state index in [1.165, 1.54) is 0 Å². The lowest BCUT2D eigenvalue weighted by Gasteiger charge is -2.35. The number of alkyl halides is 3. The smallest absolute Gasteiger partial charge is 0.223 e. The first-order chi connectivity index (χ1) is 6.82. The Kier molecular flexibility index (Phi) is 2.83. The Hall–Kier alpha value is -0.390. The second-order valence-corrected chi connectivity index (χ2v) is 7.18. The molecule has 0 aliphatic carbocycles. The van der Waals surface area contributed by atoms with E-state index in [9.17, 15) is 30.0 Å². The van der Waals surface area contributed by atoms with Crippen LogP contribution in [0, 0.1) is 0 Å². The fourth-order valence-electron chi connectivity index (χ4n) is 0.832. The van der Waals surface area contributed by atoms with Crippen molar-refractivity contribution in [2.45, 2.75) is 30.4 Å². The van der Waals surface area contributed by atoms with Gasteiger partial charge in [0.15, 0.2) is 0 Å². The summed E-state index contributed by atoms with van der Waals surface area (Å²) in [6, 6.07) is 0. The Morgan fingerprint density at radius 1 is 1.06 bits per heavy atom. The molecule has 16 heavy (non-hydrogen) atoms. The van der Waals surface area contributed by atoms with E-state index in [4.69, 9.17) is 0 Å². The molecule has 0 atom stereocenters. The molecule has 0 saturated carbocycles. The van der Waals surface area contributed by atoms with Crippen LogP contribution in [-0.2, 0) is 28.6 Å². The number of halogens is 3. The minimum atomic E-state index is -5.30. The summed E-state index contributed by atoms with van der Waals surface area (Å²) in [5, 5.41) is 0. The Balaban J connectivity index is 3.36. The van der Waals surface area contributed by atoms with Crippen LogP contribution in [0.3, 0.4) is 0 Å². The van der Waals surface area contributed by atoms with Crippen LogP contribution in [0.4, 0.5) is 13.2 Å². The van der Waals surface area contributed by atoms with Gasteiger partial charge in [-0.1, -0.05) is 0 Å². The van der Waals surface area contributed by atoms with Crippen LogP contribution in [0.5, 0.6) is 0 Å². The van der Waals surface area contributed by atoms with Crippen LogP contribution in [-0.4, -0.2) is 33.4 Å². The average molecular weight is 284 g/mol. The maximum atomic E-state index is 12.4. The van der Waals surface area contributed by atoms with Gasteiger partial charge in [0.1, 0.15) is 0 Å². The van der Waals surface area contributed by atoms with E-state index in [2.05, 4.69) is 8.37 Å². The monoisotopic (exact) mass is 284 g/mol. The van der Waals surface area contributed by atoms with Crippen molar-refractivity contribution in [3.05, 3.63) is 0 Å². The van der Waals surface area contributed by atoms with Gasteiger partial charge in [0, 0.05) is 6.92 Å². The SMILES string of the molecule is CC1S(=O)(=O)OC(C)(C(F)(F)F)OS1(=O)=O. The third-order valence-corrected chi connectivity index (χ3v) is 6.02. The lowest BCUT2D eigenvalue weighted by atomic mass is 10.3. The summed E-state index contributed by atoms with van der Waals surface area (Å²) >= 11 is 0. The zero-order chi connectivity index (χ0) is 13.0. The third kappa shape index (κ3) is 2.04. The minimum Gasteiger partial charge on any atom is -0.223 e. The maximum Gasteiger partial charge on any atom is 0.445 e. The van der Waals surface area contributed by atoms with Gasteiger partial charge in [0.2, 0.25) is 4.58 Å². The van der Waals surface area contributed by atoms with E-state index in [0.717, 1.165) is 0 Å². The second kappa shape index (κ2) is 3.31. The number of rotatable bonds is 0. The molecule has 0 amide bonds. The zero-order valence-corrected chi connectivity index (χ0v) is 9.61. The third-order valence-electron chi connectivity index (χ3n) is 1.88. The van der Waals surface area contributed by atoms with Crippen molar-refractivity contribution in [2.75, 3.05) is 0 Å². The van der Waals surface area contributed by atoms with E-state index in [1.54, 1.807) is 0 Å². The molecule has 0 aromatic heterocycles. The predicted molar refractivity (Wildman–Crippen MR) is 43.9 cm³/mol. The Morgan fingerprint density at radius 2 is 1.38 bits per heavy atom. The summed E-state index contributed by atoms with van der Waals surface area (Å²) in [7, 11) is -9.79. The van der Waals surface area contributed by atoms with Gasteiger partial charge in [-0.2, -0.15) is 30.0 Å². The lowest BCUT2D eigenvalue weighted by Crippen LogP contribution is -2.56. The first-order valence-electron chi connectivity index (χ1n) is 3.77. The van der Waals surface area contributed by atoms with Gasteiger partial charge in [-0.15, -0.1) is 0 Å². The maximum absolute atomic E-state index is 12.4. The molecule has 0 aromatic rings. The molecule has 0 aromatic carbocycles. The van der Waals surface area contributed by atoms with Crippen molar-refractivity contribution in [3.8, 4) is 0 Å². The summed E-state index contributed by atoms with van der Waals surface area (Å²) in [6.07, 6.45) is -5.30. The first kappa shape index (κ1) is 13.7. The van der Waals surface area contributed by atoms with E-state index in [-0.39, 0.29) is 6.92 Å². The van der Waals surface area contributed by atoms with Crippen LogP contribution < -0.4 is 0 Å². The fraction of sp³-hybridized carbons (Fsp3) is 1.00. The molecule has 0 spiro atoms. The Bertz CT molecular complexity index is 453. The van der Waals surface area contributed by atoms with Gasteiger partial charge < -0.3 is 0 Å². The molecule has 1 aliphatic heterocycles. The molecule has 1 aliphatic rings. The average Bonchev–Trinajstić information content (AvgIpc) is 1.96. The van der Waals surface area contributed by atoms with Gasteiger partial charge in [-0.25, -0.2) is 8.37 Å². The van der Waals surface area contributed by atoms with Gasteiger partial charge in [0.25, 0.3) is 26.0 Å². The first-order valence-corrected chi connectivity index (χ1v) is 6.72. The molecule has 0 bridgehead atoms. The van der Waals surface area contributed by atoms with Crippen LogP contribution in [0.1, 0.15) is 13.8 Å². The largest absolute Gasteiger partial charge is 0.445 e. The molecule has 1 fully saturated rings. The van der Waals surface area contributed by atoms with Crippen molar-refractivity contribution in [2.24, 2.45) is 0 Å². The molecule has 1 heterocycles. The molecular weight excluding hydrogens is 277 g/mol. The molecule has 1 saturated heterocycles. The molecule has 11 heteroatoms. The molecule has 0 radical (unpaired) electrons. The summed E-state index contributed by atoms with van der Waals surface area (Å²) in [6.45, 7) is 0.828. The van der Waals surface area contributed by atoms with Gasteiger partial charge in [-0.3, -0.25) is 0 Å². The summed E-state index contributed by atoms with van der Waals surface area (Å²) < 4.78 is 86.6. The highest BCUT2D eigenvalue weighted by molar-refractivity contribution is 8.05. The second-order valence-electron chi connectivity index (χ2n) is 3.16. The van der Waals surface area contributed by atoms with Gasteiger partial charge >= 0.3 is 6.18 Å². The highest BCUT2D eigenvalue weighted by Gasteiger charge is 2.64. The van der Waals surface area contributed by atoms with E-state index < -0.39 is 36.8 Å². The van der Waals surface area contributed by atoms with Crippen LogP contribution in [0.2, 0.25) is 0 Å². The Morgan fingerprint density at radius 3 is 1.62 bits per heavy atom. The summed E-state index contributed by atoms with van der Waals surface area (Å²) in [5.41, 5.74) is 0. The molecule has 96 valence electrons. The topological polar surface area (TPSA) is 86.7 Å². The van der Waals surface area contributed by atoms with Crippen molar-refractivity contribution >= 4 is 20.2 Å². The van der Waals surface area contributed by atoms with Crippen molar-refractivity contribution < 1.29 is 38.4 Å². The number of hydrogen-bond acceptors (Lipinski definition) is 6. The van der Waals surface area contributed by atoms with Crippen molar-refractivity contribution in [1.82, 2.24) is 0 Å². The quantitative estimate of drug-likeness (QED) is 0.595. The Labute approximate surface area is 89.6 Å². The van der Waals surface area contributed by atoms with Crippen molar-refractivity contribution in [3.63, 3.8) is 0 Å². The highest BCUT2D eigenvalue weighted by Crippen LogP contribution is 2.42. The van der Waals surface area contributed by atoms with Crippen molar-refractivity contribution in [1.29, 1.82) is 0 Å². The molecule has 6 nitrogen and oxygen atoms in total. The van der Waals surface area contributed by atoms with Crippen LogP contribution in [0.25, 0.3) is 0 Å². The van der Waals surface area contributed by atoms with Gasteiger partial charge in [0.05, 0.1) is 0 Å². The van der Waals surface area contributed by atoms with Gasteiger partial charge in [-0.05, 0) is 6.92 Å². The molecule has 1 rings (SSSR count). The van der Waals surface area contributed by atoms with E-state index in [0.29, 0.717) is 6.92 Å². The van der Waals surface area contributed by atoms with E-state index >= 15 is 0 Å². The predicted octanol–water partition coefficient (Wildman–Crippen LogP) is 0.317. The van der Waals surface area contributed by atoms with E-state index in [1.807, 2.05) is 0 Å². The fourth-order valence-corrected chi connectivity index (χ4v) is 3.68. The summed E-state index contributed by atoms with van der Waals surface area (Å²) in [4.78, 5) is 0. The zero-order valence-electron chi connectivity index (χ0n) is 7.98. The minimum absolute atomic E-state index is 0.175. The van der Waals surface area contributed by atoms with Crippen LogP contribution in [0.15, 0.2) is 0 Å².